The molecule has 1 fully saturated rings. The van der Waals surface area contributed by atoms with Crippen molar-refractivity contribution in [3.8, 4) is 0 Å². The molecular weight excluding hydrogens is 164 g/mol. The second kappa shape index (κ2) is 3.77. The van der Waals surface area contributed by atoms with Crippen molar-refractivity contribution in [3.05, 3.63) is 30.3 Å². The van der Waals surface area contributed by atoms with E-state index in [1.165, 1.54) is 0 Å². The Morgan fingerprint density at radius 1 is 1.23 bits per heavy atom. The van der Waals surface area contributed by atoms with Crippen LogP contribution in [0.5, 0.6) is 0 Å². The van der Waals surface area contributed by atoms with Gasteiger partial charge in [0.15, 0.2) is 0 Å². The maximum absolute atomic E-state index is 5.84. The average Bonchev–Trinajstić information content (AvgIpc) is 2.54. The third-order valence-corrected chi connectivity index (χ3v) is 2.25. The highest BCUT2D eigenvalue weighted by Gasteiger charge is 2.24. The number of nitrogens with two attached hydrogens (primary N) is 1. The lowest BCUT2D eigenvalue weighted by Gasteiger charge is -2.16. The van der Waals surface area contributed by atoms with Crippen LogP contribution in [0.4, 0.5) is 5.69 Å². The third kappa shape index (κ3) is 1.99. The van der Waals surface area contributed by atoms with Crippen LogP contribution in [0.25, 0.3) is 0 Å². The molecule has 3 nitrogen and oxygen atoms in total. The Hall–Kier alpha value is -1.06. The molecular formula is C10H14N2O. The molecule has 2 atom stereocenters. The van der Waals surface area contributed by atoms with E-state index in [0.29, 0.717) is 13.2 Å². The van der Waals surface area contributed by atoms with Gasteiger partial charge in [0.25, 0.3) is 0 Å². The van der Waals surface area contributed by atoms with E-state index in [9.17, 15) is 0 Å². The van der Waals surface area contributed by atoms with Gasteiger partial charge in [-0.05, 0) is 12.1 Å². The molecule has 1 saturated heterocycles. The minimum Gasteiger partial charge on any atom is -0.378 e. The fourth-order valence-electron chi connectivity index (χ4n) is 1.47. The van der Waals surface area contributed by atoms with Crippen LogP contribution < -0.4 is 11.1 Å². The molecule has 0 spiro atoms. The van der Waals surface area contributed by atoms with Crippen molar-refractivity contribution >= 4 is 5.69 Å². The van der Waals surface area contributed by atoms with Crippen LogP contribution in [0.15, 0.2) is 30.3 Å². The van der Waals surface area contributed by atoms with Gasteiger partial charge in [0.05, 0.1) is 25.3 Å². The fraction of sp³-hybridized carbons (Fsp3) is 0.400. The number of hydrogen-bond donors (Lipinski definition) is 2. The number of para-hydroxylation sites is 1. The summed E-state index contributed by atoms with van der Waals surface area (Å²) < 4.78 is 5.25. The van der Waals surface area contributed by atoms with Crippen LogP contribution in [-0.4, -0.2) is 25.3 Å². The van der Waals surface area contributed by atoms with Crippen molar-refractivity contribution in [2.75, 3.05) is 18.5 Å². The molecule has 0 amide bonds. The van der Waals surface area contributed by atoms with Gasteiger partial charge < -0.3 is 15.8 Å². The molecule has 1 heterocycles. The van der Waals surface area contributed by atoms with E-state index in [2.05, 4.69) is 5.32 Å². The van der Waals surface area contributed by atoms with Crippen molar-refractivity contribution < 1.29 is 4.74 Å². The van der Waals surface area contributed by atoms with Crippen molar-refractivity contribution in [3.63, 3.8) is 0 Å². The lowest BCUT2D eigenvalue weighted by molar-refractivity contribution is 0.192. The number of ether oxygens (including phenoxy) is 1. The Morgan fingerprint density at radius 2 is 2.00 bits per heavy atom. The Morgan fingerprint density at radius 3 is 2.62 bits per heavy atom. The standard InChI is InChI=1S/C10H14N2O/c11-9-6-13-7-10(9)12-8-4-2-1-3-5-8/h1-5,9-10,12H,6-7,11H2. The second-order valence-electron chi connectivity index (χ2n) is 3.32. The van der Waals surface area contributed by atoms with E-state index in [1.54, 1.807) is 0 Å². The van der Waals surface area contributed by atoms with Crippen LogP contribution in [0.2, 0.25) is 0 Å². The van der Waals surface area contributed by atoms with Gasteiger partial charge in [0.2, 0.25) is 0 Å². The van der Waals surface area contributed by atoms with Gasteiger partial charge in [-0.15, -0.1) is 0 Å². The molecule has 0 radical (unpaired) electrons. The number of nitrogens with one attached hydrogen (secondary N) is 1. The summed E-state index contributed by atoms with van der Waals surface area (Å²) in [5.74, 6) is 0. The molecule has 2 unspecified atom stereocenters. The zero-order valence-electron chi connectivity index (χ0n) is 7.44. The molecule has 1 aromatic rings. The van der Waals surface area contributed by atoms with Gasteiger partial charge in [0, 0.05) is 5.69 Å². The lowest BCUT2D eigenvalue weighted by atomic mass is 10.2. The summed E-state index contributed by atoms with van der Waals surface area (Å²) in [6, 6.07) is 10.4. The fourth-order valence-corrected chi connectivity index (χ4v) is 1.47. The van der Waals surface area contributed by atoms with E-state index < -0.39 is 0 Å². The molecule has 2 rings (SSSR count). The molecule has 0 aromatic heterocycles. The molecule has 3 N–H and O–H groups in total. The molecule has 1 aromatic carbocycles. The first-order valence-corrected chi connectivity index (χ1v) is 4.51. The average molecular weight is 178 g/mol. The minimum absolute atomic E-state index is 0.111. The Balaban J connectivity index is 1.98. The maximum atomic E-state index is 5.84. The molecule has 0 saturated carbocycles. The summed E-state index contributed by atoms with van der Waals surface area (Å²) in [6.45, 7) is 1.36. The molecule has 13 heavy (non-hydrogen) atoms. The topological polar surface area (TPSA) is 47.3 Å². The number of benzene rings is 1. The SMILES string of the molecule is NC1COCC1Nc1ccccc1. The Kier molecular flexibility index (Phi) is 2.47. The summed E-state index contributed by atoms with van der Waals surface area (Å²) in [5.41, 5.74) is 6.94. The number of anilines is 1. The summed E-state index contributed by atoms with van der Waals surface area (Å²) >= 11 is 0. The van der Waals surface area contributed by atoms with E-state index in [1.807, 2.05) is 30.3 Å². The summed E-state index contributed by atoms with van der Waals surface area (Å²) in [7, 11) is 0. The first-order chi connectivity index (χ1) is 6.36. The molecule has 1 aliphatic heterocycles. The van der Waals surface area contributed by atoms with Crippen molar-refractivity contribution in [2.24, 2.45) is 5.73 Å². The first-order valence-electron chi connectivity index (χ1n) is 4.51. The Bertz CT molecular complexity index is 263. The largest absolute Gasteiger partial charge is 0.378 e. The molecule has 70 valence electrons. The quantitative estimate of drug-likeness (QED) is 0.705. The van der Waals surface area contributed by atoms with E-state index in [0.717, 1.165) is 5.69 Å². The van der Waals surface area contributed by atoms with Gasteiger partial charge in [-0.25, -0.2) is 0 Å². The maximum Gasteiger partial charge on any atom is 0.0684 e. The normalized spacial score (nSPS) is 27.5. The van der Waals surface area contributed by atoms with Crippen molar-refractivity contribution in [1.82, 2.24) is 0 Å². The monoisotopic (exact) mass is 178 g/mol. The Labute approximate surface area is 77.9 Å². The zero-order chi connectivity index (χ0) is 9.10. The van der Waals surface area contributed by atoms with Crippen LogP contribution >= 0.6 is 0 Å². The highest BCUT2D eigenvalue weighted by Crippen LogP contribution is 2.12. The lowest BCUT2D eigenvalue weighted by Crippen LogP contribution is -2.38. The van der Waals surface area contributed by atoms with Gasteiger partial charge in [-0.3, -0.25) is 0 Å². The molecule has 3 heteroatoms. The minimum atomic E-state index is 0.111. The van der Waals surface area contributed by atoms with Gasteiger partial charge in [-0.1, -0.05) is 18.2 Å². The van der Waals surface area contributed by atoms with Crippen LogP contribution in [0.3, 0.4) is 0 Å². The highest BCUT2D eigenvalue weighted by atomic mass is 16.5. The summed E-state index contributed by atoms with van der Waals surface area (Å²) in [6.07, 6.45) is 0. The van der Waals surface area contributed by atoms with Crippen LogP contribution in [0.1, 0.15) is 0 Å². The van der Waals surface area contributed by atoms with Crippen LogP contribution in [-0.2, 0) is 4.74 Å². The highest BCUT2D eigenvalue weighted by molar-refractivity contribution is 5.44. The predicted molar refractivity (Wildman–Crippen MR) is 52.6 cm³/mol. The predicted octanol–water partition coefficient (Wildman–Crippen LogP) is 0.825. The zero-order valence-corrected chi connectivity index (χ0v) is 7.44. The van der Waals surface area contributed by atoms with E-state index >= 15 is 0 Å². The molecule has 0 aliphatic carbocycles. The first kappa shape index (κ1) is 8.53. The van der Waals surface area contributed by atoms with Gasteiger partial charge >= 0.3 is 0 Å². The van der Waals surface area contributed by atoms with E-state index in [-0.39, 0.29) is 12.1 Å². The van der Waals surface area contributed by atoms with Crippen molar-refractivity contribution in [1.29, 1.82) is 0 Å². The number of rotatable bonds is 2. The summed E-state index contributed by atoms with van der Waals surface area (Å²) in [5, 5.41) is 3.34. The third-order valence-electron chi connectivity index (χ3n) is 2.25. The van der Waals surface area contributed by atoms with Crippen molar-refractivity contribution in [2.45, 2.75) is 12.1 Å². The van der Waals surface area contributed by atoms with Gasteiger partial charge in [-0.2, -0.15) is 0 Å². The molecule has 1 aliphatic rings. The number of hydrogen-bond acceptors (Lipinski definition) is 3. The van der Waals surface area contributed by atoms with Crippen LogP contribution in [0, 0.1) is 0 Å². The van der Waals surface area contributed by atoms with Gasteiger partial charge in [0.1, 0.15) is 0 Å². The smallest absolute Gasteiger partial charge is 0.0684 e. The van der Waals surface area contributed by atoms with E-state index in [4.69, 9.17) is 10.5 Å². The second-order valence-corrected chi connectivity index (χ2v) is 3.32. The summed E-state index contributed by atoms with van der Waals surface area (Å²) in [4.78, 5) is 0. The molecule has 0 bridgehead atoms.